The van der Waals surface area contributed by atoms with Crippen LogP contribution in [0.4, 0.5) is 10.5 Å². The van der Waals surface area contributed by atoms with Crippen LogP contribution in [0.15, 0.2) is 53.5 Å². The molecule has 0 bridgehead atoms. The van der Waals surface area contributed by atoms with E-state index in [1.165, 1.54) is 24.3 Å². The molecule has 0 radical (unpaired) electrons. The van der Waals surface area contributed by atoms with Crippen molar-refractivity contribution in [1.82, 2.24) is 0 Å². The lowest BCUT2D eigenvalue weighted by molar-refractivity contribution is 0.227. The molecule has 0 saturated carbocycles. The molecule has 11 heteroatoms. The van der Waals surface area contributed by atoms with Gasteiger partial charge < -0.3 is 14.8 Å². The van der Waals surface area contributed by atoms with Gasteiger partial charge in [-0.1, -0.05) is 64.1 Å². The van der Waals surface area contributed by atoms with Crippen molar-refractivity contribution in [3.8, 4) is 17.6 Å². The second-order valence-corrected chi connectivity index (χ2v) is 9.27. The number of halogens is 5. The third-order valence-electron chi connectivity index (χ3n) is 4.26. The van der Waals surface area contributed by atoms with Gasteiger partial charge in [0.15, 0.2) is 5.75 Å². The summed E-state index contributed by atoms with van der Waals surface area (Å²) in [6.45, 7) is 3.55. The first-order valence-electron chi connectivity index (χ1n) is 9.96. The smallest absolute Gasteiger partial charge is 0.348 e. The molecule has 3 aromatic carbocycles. The summed E-state index contributed by atoms with van der Waals surface area (Å²) in [6.07, 6.45) is -0.301. The Labute approximate surface area is 226 Å². The Morgan fingerprint density at radius 1 is 0.943 bits per heavy atom. The van der Waals surface area contributed by atoms with E-state index in [2.05, 4.69) is 10.3 Å². The highest BCUT2D eigenvalue weighted by Crippen LogP contribution is 2.39. The molecule has 0 atom stereocenters. The Hall–Kier alpha value is -2.66. The Bertz CT molecular complexity index is 1310. The molecule has 2 amide bonds. The highest BCUT2D eigenvalue weighted by atomic mass is 35.5. The highest BCUT2D eigenvalue weighted by molar-refractivity contribution is 6.40. The number of amides is 2. The molecule has 0 aliphatic rings. The van der Waals surface area contributed by atoms with Gasteiger partial charge in [0.05, 0.1) is 42.3 Å². The van der Waals surface area contributed by atoms with Gasteiger partial charge in [-0.25, -0.2) is 4.79 Å². The van der Waals surface area contributed by atoms with Crippen LogP contribution in [-0.4, -0.2) is 18.0 Å². The summed E-state index contributed by atoms with van der Waals surface area (Å²) in [6, 6.07) is 13.5. The van der Waals surface area contributed by atoms with E-state index in [0.29, 0.717) is 16.9 Å². The zero-order valence-corrected chi connectivity index (χ0v) is 22.0. The van der Waals surface area contributed by atoms with Gasteiger partial charge in [0.1, 0.15) is 11.8 Å². The number of aliphatic imine (C=N–C) groups is 1. The molecule has 180 valence electrons. The van der Waals surface area contributed by atoms with E-state index in [9.17, 15) is 4.79 Å². The summed E-state index contributed by atoms with van der Waals surface area (Å²) in [5, 5.41) is 12.6. The highest BCUT2D eigenvalue weighted by Gasteiger charge is 2.18. The molecular weight excluding hydrogens is 556 g/mol. The summed E-state index contributed by atoms with van der Waals surface area (Å²) in [7, 11) is 0. The van der Waals surface area contributed by atoms with E-state index in [0.717, 1.165) is 0 Å². The number of anilines is 1. The fourth-order valence-corrected chi connectivity index (χ4v) is 4.14. The minimum atomic E-state index is -0.767. The number of benzene rings is 3. The lowest BCUT2D eigenvalue weighted by Gasteiger charge is -2.15. The molecular formula is C24H16Cl5N3O3. The molecule has 1 N–H and O–H groups in total. The minimum Gasteiger partial charge on any atom is -0.474 e. The van der Waals surface area contributed by atoms with Crippen LogP contribution in [0.25, 0.3) is 0 Å². The summed E-state index contributed by atoms with van der Waals surface area (Å²) in [5.74, 6) is 0.427. The summed E-state index contributed by atoms with van der Waals surface area (Å²) in [4.78, 5) is 16.7. The average Bonchev–Trinajstić information content (AvgIpc) is 2.75. The number of nitrogens with one attached hydrogen (secondary N) is 1. The largest absolute Gasteiger partial charge is 0.474 e. The number of hydrogen-bond donors (Lipinski definition) is 1. The van der Waals surface area contributed by atoms with Crippen molar-refractivity contribution in [2.24, 2.45) is 4.99 Å². The van der Waals surface area contributed by atoms with Gasteiger partial charge in [0.2, 0.25) is 5.90 Å². The van der Waals surface area contributed by atoms with Crippen LogP contribution in [-0.2, 0) is 4.74 Å². The lowest BCUT2D eigenvalue weighted by Crippen LogP contribution is -2.18. The number of carbonyl (C=O) groups is 1. The maximum Gasteiger partial charge on any atom is 0.348 e. The molecule has 0 aromatic heterocycles. The minimum absolute atomic E-state index is 0.0389. The number of carbonyl (C=O) groups excluding carboxylic acids is 1. The number of urea groups is 1. The Morgan fingerprint density at radius 3 is 2.11 bits per heavy atom. The van der Waals surface area contributed by atoms with E-state index in [1.807, 2.05) is 6.07 Å². The van der Waals surface area contributed by atoms with E-state index >= 15 is 0 Å². The monoisotopic (exact) mass is 569 g/mol. The van der Waals surface area contributed by atoms with Crippen molar-refractivity contribution < 1.29 is 14.3 Å². The number of hydrogen-bond acceptors (Lipinski definition) is 4. The maximum absolute atomic E-state index is 12.7. The zero-order valence-electron chi connectivity index (χ0n) is 18.2. The van der Waals surface area contributed by atoms with Gasteiger partial charge in [0.25, 0.3) is 0 Å². The lowest BCUT2D eigenvalue weighted by atomic mass is 10.2. The quantitative estimate of drug-likeness (QED) is 0.245. The van der Waals surface area contributed by atoms with Gasteiger partial charge in [-0.2, -0.15) is 10.3 Å². The van der Waals surface area contributed by atoms with Crippen molar-refractivity contribution in [2.45, 2.75) is 20.0 Å². The number of nitrogens with zero attached hydrogens (tertiary/aromatic N) is 2. The Balaban J connectivity index is 1.85. The second-order valence-electron chi connectivity index (χ2n) is 7.23. The van der Waals surface area contributed by atoms with E-state index in [4.69, 9.17) is 72.7 Å². The van der Waals surface area contributed by atoms with Crippen molar-refractivity contribution in [3.05, 3.63) is 84.8 Å². The molecule has 0 heterocycles. The third kappa shape index (κ3) is 6.94. The van der Waals surface area contributed by atoms with Crippen molar-refractivity contribution in [3.63, 3.8) is 0 Å². The normalized spacial score (nSPS) is 11.2. The summed E-state index contributed by atoms with van der Waals surface area (Å²) in [5.41, 5.74) is 0.849. The first-order valence-corrected chi connectivity index (χ1v) is 11.8. The van der Waals surface area contributed by atoms with Gasteiger partial charge in [-0.3, -0.25) is 0 Å². The predicted octanol–water partition coefficient (Wildman–Crippen LogP) is 9.02. The van der Waals surface area contributed by atoms with Crippen molar-refractivity contribution >= 4 is 75.6 Å². The molecule has 0 fully saturated rings. The van der Waals surface area contributed by atoms with Crippen LogP contribution >= 0.6 is 58.0 Å². The van der Waals surface area contributed by atoms with Gasteiger partial charge in [-0.05, 0) is 50.2 Å². The predicted molar refractivity (Wildman–Crippen MR) is 141 cm³/mol. The van der Waals surface area contributed by atoms with E-state index in [1.54, 1.807) is 38.1 Å². The molecule has 3 rings (SSSR count). The van der Waals surface area contributed by atoms with Crippen LogP contribution in [0.3, 0.4) is 0 Å². The molecule has 0 spiro atoms. The van der Waals surface area contributed by atoms with Gasteiger partial charge in [-0.15, -0.1) is 0 Å². The van der Waals surface area contributed by atoms with E-state index < -0.39 is 6.03 Å². The standard InChI is InChI=1S/C24H16Cl5N3O3/c1-12(2)34-23(21-16(25)4-3-5-17(21)26)32-24(33)31-14-8-19(28)22(20(29)9-14)35-15-7-6-13(11-30)18(27)10-15/h3-10,12H,1-2H3,(H,31,33)/b32-23-. The number of ether oxygens (including phenoxy) is 2. The second kappa shape index (κ2) is 11.9. The molecule has 0 aliphatic heterocycles. The first-order chi connectivity index (χ1) is 16.6. The molecule has 3 aromatic rings. The third-order valence-corrected chi connectivity index (χ3v) is 5.76. The van der Waals surface area contributed by atoms with Crippen LogP contribution in [0.5, 0.6) is 11.5 Å². The Kier molecular flexibility index (Phi) is 9.12. The van der Waals surface area contributed by atoms with Gasteiger partial charge >= 0.3 is 6.03 Å². The molecule has 0 unspecified atom stereocenters. The van der Waals surface area contributed by atoms with Crippen molar-refractivity contribution in [1.29, 1.82) is 5.26 Å². The summed E-state index contributed by atoms with van der Waals surface area (Å²) < 4.78 is 11.4. The summed E-state index contributed by atoms with van der Waals surface area (Å²) >= 11 is 31.2. The maximum atomic E-state index is 12.7. The number of nitriles is 1. The fourth-order valence-electron chi connectivity index (χ4n) is 2.81. The first kappa shape index (κ1) is 26.9. The molecule has 6 nitrogen and oxygen atoms in total. The zero-order chi connectivity index (χ0) is 25.7. The average molecular weight is 572 g/mol. The van der Waals surface area contributed by atoms with Crippen LogP contribution < -0.4 is 10.1 Å². The van der Waals surface area contributed by atoms with Crippen molar-refractivity contribution in [2.75, 3.05) is 5.32 Å². The molecule has 0 aliphatic carbocycles. The number of rotatable bonds is 5. The molecule has 0 saturated heterocycles. The fraction of sp³-hybridized carbons (Fsp3) is 0.125. The molecule has 35 heavy (non-hydrogen) atoms. The topological polar surface area (TPSA) is 83.7 Å². The van der Waals surface area contributed by atoms with Gasteiger partial charge in [0, 0.05) is 11.8 Å². The van der Waals surface area contributed by atoms with Crippen LogP contribution in [0.2, 0.25) is 25.1 Å². The van der Waals surface area contributed by atoms with E-state index in [-0.39, 0.29) is 48.6 Å². The van der Waals surface area contributed by atoms with Crippen LogP contribution in [0, 0.1) is 11.3 Å². The van der Waals surface area contributed by atoms with Crippen LogP contribution in [0.1, 0.15) is 25.0 Å². The Morgan fingerprint density at radius 2 is 1.57 bits per heavy atom. The SMILES string of the molecule is CC(C)O/C(=N\C(=O)Nc1cc(Cl)c(Oc2ccc(C#N)c(Cl)c2)c(Cl)c1)c1c(Cl)cccc1Cl.